The molecule has 0 saturated carbocycles. The third-order valence-electron chi connectivity index (χ3n) is 3.32. The topological polar surface area (TPSA) is 65.5 Å². The number of carbonyl (C=O) groups is 1. The predicted octanol–water partition coefficient (Wildman–Crippen LogP) is 3.50. The summed E-state index contributed by atoms with van der Waals surface area (Å²) < 4.78 is 0. The third kappa shape index (κ3) is 10.9. The highest BCUT2D eigenvalue weighted by Crippen LogP contribution is 2.22. The van der Waals surface area contributed by atoms with Gasteiger partial charge in [-0.3, -0.25) is 9.79 Å². The smallest absolute Gasteiger partial charge is 0.225 e. The molecular formula is C19H33IN4OS. The summed E-state index contributed by atoms with van der Waals surface area (Å²) in [6, 6.07) is 10.4. The Morgan fingerprint density at radius 3 is 2.31 bits per heavy atom. The number of nitrogens with zero attached hydrogens (tertiary/aromatic N) is 1. The van der Waals surface area contributed by atoms with Crippen LogP contribution in [-0.2, 0) is 4.79 Å². The van der Waals surface area contributed by atoms with Crippen LogP contribution in [0.25, 0.3) is 0 Å². The molecule has 1 aromatic carbocycles. The summed E-state index contributed by atoms with van der Waals surface area (Å²) in [5.74, 6) is 0.845. The average Bonchev–Trinajstić information content (AvgIpc) is 2.56. The molecule has 0 aliphatic carbocycles. The van der Waals surface area contributed by atoms with E-state index in [0.29, 0.717) is 18.3 Å². The van der Waals surface area contributed by atoms with Crippen molar-refractivity contribution in [1.29, 1.82) is 0 Å². The number of rotatable bonds is 8. The van der Waals surface area contributed by atoms with Gasteiger partial charge in [-0.2, -0.15) is 0 Å². The van der Waals surface area contributed by atoms with Gasteiger partial charge in [0.2, 0.25) is 5.91 Å². The summed E-state index contributed by atoms with van der Waals surface area (Å²) >= 11 is 1.82. The number of halogens is 1. The molecule has 0 aromatic heterocycles. The van der Waals surface area contributed by atoms with Gasteiger partial charge < -0.3 is 16.0 Å². The molecule has 3 N–H and O–H groups in total. The highest BCUT2D eigenvalue weighted by atomic mass is 127. The van der Waals surface area contributed by atoms with Gasteiger partial charge in [-0.05, 0) is 19.1 Å². The highest BCUT2D eigenvalue weighted by Gasteiger charge is 2.20. The Bertz CT molecular complexity index is 546. The predicted molar refractivity (Wildman–Crippen MR) is 124 cm³/mol. The number of guanidine groups is 1. The molecule has 0 radical (unpaired) electrons. The van der Waals surface area contributed by atoms with E-state index in [4.69, 9.17) is 0 Å². The summed E-state index contributed by atoms with van der Waals surface area (Å²) in [4.78, 5) is 17.7. The van der Waals surface area contributed by atoms with Crippen molar-refractivity contribution in [3.05, 3.63) is 30.3 Å². The van der Waals surface area contributed by atoms with Gasteiger partial charge in [-0.25, -0.2) is 0 Å². The van der Waals surface area contributed by atoms with E-state index in [0.717, 1.165) is 19.0 Å². The molecule has 0 fully saturated rings. The first kappa shape index (κ1) is 25.0. The molecule has 1 unspecified atom stereocenters. The van der Waals surface area contributed by atoms with Crippen molar-refractivity contribution in [2.75, 3.05) is 26.2 Å². The number of hydrogen-bond acceptors (Lipinski definition) is 3. The van der Waals surface area contributed by atoms with Crippen molar-refractivity contribution < 1.29 is 4.79 Å². The minimum absolute atomic E-state index is 0. The lowest BCUT2D eigenvalue weighted by atomic mass is 9.96. The van der Waals surface area contributed by atoms with Crippen molar-refractivity contribution in [3.63, 3.8) is 0 Å². The Labute approximate surface area is 179 Å². The monoisotopic (exact) mass is 492 g/mol. The molecule has 0 heterocycles. The van der Waals surface area contributed by atoms with Gasteiger partial charge in [-0.1, -0.05) is 45.9 Å². The molecule has 1 amide bonds. The first-order valence-electron chi connectivity index (χ1n) is 8.85. The first-order chi connectivity index (χ1) is 11.8. The van der Waals surface area contributed by atoms with Crippen LogP contribution in [0.3, 0.4) is 0 Å². The zero-order valence-electron chi connectivity index (χ0n) is 16.5. The van der Waals surface area contributed by atoms with Crippen LogP contribution in [-0.4, -0.2) is 43.3 Å². The lowest BCUT2D eigenvalue weighted by Gasteiger charge is -2.18. The van der Waals surface area contributed by atoms with E-state index in [1.165, 1.54) is 4.90 Å². The second-order valence-electron chi connectivity index (χ2n) is 6.89. The van der Waals surface area contributed by atoms with Crippen molar-refractivity contribution in [2.45, 2.75) is 44.8 Å². The maximum Gasteiger partial charge on any atom is 0.225 e. The molecule has 1 atom stereocenters. The molecule has 0 saturated heterocycles. The highest BCUT2D eigenvalue weighted by molar-refractivity contribution is 14.0. The molecule has 0 spiro atoms. The van der Waals surface area contributed by atoms with Crippen LogP contribution in [0, 0.1) is 5.41 Å². The van der Waals surface area contributed by atoms with E-state index in [1.54, 1.807) is 0 Å². The van der Waals surface area contributed by atoms with E-state index < -0.39 is 0 Å². The lowest BCUT2D eigenvalue weighted by Crippen LogP contribution is -2.43. The zero-order valence-corrected chi connectivity index (χ0v) is 19.6. The summed E-state index contributed by atoms with van der Waals surface area (Å²) in [6.07, 6.45) is 0. The van der Waals surface area contributed by atoms with Crippen LogP contribution in [0.5, 0.6) is 0 Å². The Kier molecular flexibility index (Phi) is 12.8. The van der Waals surface area contributed by atoms with Crippen LogP contribution in [0.15, 0.2) is 40.2 Å². The lowest BCUT2D eigenvalue weighted by molar-refractivity contribution is -0.128. The van der Waals surface area contributed by atoms with Crippen LogP contribution < -0.4 is 16.0 Å². The van der Waals surface area contributed by atoms with Gasteiger partial charge in [0.1, 0.15) is 0 Å². The minimum Gasteiger partial charge on any atom is -0.357 e. The summed E-state index contributed by atoms with van der Waals surface area (Å²) in [5, 5.41) is 9.82. The maximum absolute atomic E-state index is 11.8. The molecule has 26 heavy (non-hydrogen) atoms. The fourth-order valence-corrected chi connectivity index (χ4v) is 2.88. The number of thioether (sulfide) groups is 1. The number of aliphatic imine (C=N–C) groups is 1. The molecule has 0 bridgehead atoms. The van der Waals surface area contributed by atoms with Gasteiger partial charge >= 0.3 is 0 Å². The van der Waals surface area contributed by atoms with Gasteiger partial charge in [0.15, 0.2) is 5.96 Å². The fraction of sp³-hybridized carbons (Fsp3) is 0.579. The molecule has 1 rings (SSSR count). The van der Waals surface area contributed by atoms with Gasteiger partial charge in [0.25, 0.3) is 0 Å². The number of hydrogen-bond donors (Lipinski definition) is 3. The molecule has 0 aliphatic heterocycles. The van der Waals surface area contributed by atoms with Gasteiger partial charge in [0, 0.05) is 35.2 Å². The molecule has 148 valence electrons. The van der Waals surface area contributed by atoms with Gasteiger partial charge in [-0.15, -0.1) is 35.7 Å². The summed E-state index contributed by atoms with van der Waals surface area (Å²) in [7, 11) is 0. The number of benzene rings is 1. The molecule has 7 heteroatoms. The number of nitrogens with one attached hydrogen (secondary N) is 3. The molecule has 0 aliphatic rings. The largest absolute Gasteiger partial charge is 0.357 e. The first-order valence-corrected chi connectivity index (χ1v) is 9.73. The van der Waals surface area contributed by atoms with E-state index in [-0.39, 0.29) is 35.3 Å². The fourth-order valence-electron chi connectivity index (χ4n) is 1.95. The molecule has 1 aromatic rings. The van der Waals surface area contributed by atoms with E-state index in [9.17, 15) is 4.79 Å². The van der Waals surface area contributed by atoms with Crippen molar-refractivity contribution >= 4 is 47.6 Å². The van der Waals surface area contributed by atoms with Crippen LogP contribution in [0.4, 0.5) is 0 Å². The number of amides is 1. The Hall–Kier alpha value is -0.960. The Morgan fingerprint density at radius 1 is 1.12 bits per heavy atom. The molecular weight excluding hydrogens is 459 g/mol. The maximum atomic E-state index is 11.8. The third-order valence-corrected chi connectivity index (χ3v) is 4.41. The van der Waals surface area contributed by atoms with Crippen LogP contribution in [0.2, 0.25) is 0 Å². The van der Waals surface area contributed by atoms with E-state index >= 15 is 0 Å². The van der Waals surface area contributed by atoms with Gasteiger partial charge in [0.05, 0.1) is 6.54 Å². The second-order valence-corrected chi connectivity index (χ2v) is 8.41. The van der Waals surface area contributed by atoms with Crippen LogP contribution in [0.1, 0.15) is 34.6 Å². The van der Waals surface area contributed by atoms with Crippen molar-refractivity contribution in [1.82, 2.24) is 16.0 Å². The standard InChI is InChI=1S/C19H32N4OS.HI/c1-6-20-18(22-13-12-21-17(24)19(3,4)5)23-14-15(2)25-16-10-8-7-9-11-16;/h7-11,15H,6,12-14H2,1-5H3,(H,21,24)(H2,20,22,23);1H. The minimum atomic E-state index is -0.358. The van der Waals surface area contributed by atoms with E-state index in [2.05, 4.69) is 52.1 Å². The SMILES string of the molecule is CCNC(=NCC(C)Sc1ccccc1)NCCNC(=O)C(C)(C)C.I. The Balaban J connectivity index is 0.00000625. The number of carbonyl (C=O) groups excluding carboxylic acids is 1. The summed E-state index contributed by atoms with van der Waals surface area (Å²) in [6.45, 7) is 12.7. The van der Waals surface area contributed by atoms with E-state index in [1.807, 2.05) is 45.5 Å². The van der Waals surface area contributed by atoms with Crippen LogP contribution >= 0.6 is 35.7 Å². The normalized spacial score (nSPS) is 12.7. The summed E-state index contributed by atoms with van der Waals surface area (Å²) in [5.41, 5.74) is -0.358. The average molecular weight is 492 g/mol. The second kappa shape index (κ2) is 13.2. The Morgan fingerprint density at radius 2 is 1.73 bits per heavy atom. The quantitative estimate of drug-likeness (QED) is 0.171. The zero-order chi connectivity index (χ0) is 18.7. The van der Waals surface area contributed by atoms with Crippen molar-refractivity contribution in [2.24, 2.45) is 10.4 Å². The van der Waals surface area contributed by atoms with Crippen molar-refractivity contribution in [3.8, 4) is 0 Å². The molecule has 5 nitrogen and oxygen atoms in total.